The molecule has 1 aliphatic carbocycles. The molecule has 1 heterocycles. The van der Waals surface area contributed by atoms with E-state index >= 15 is 0 Å². The number of carbonyl (C=O) groups is 2. The first-order valence-electron chi connectivity index (χ1n) is 8.96. The van der Waals surface area contributed by atoms with E-state index in [1.165, 1.54) is 0 Å². The van der Waals surface area contributed by atoms with E-state index in [-0.39, 0.29) is 11.8 Å². The zero-order valence-electron chi connectivity index (χ0n) is 14.2. The maximum absolute atomic E-state index is 13.0. The Morgan fingerprint density at radius 1 is 1.00 bits per heavy atom. The van der Waals surface area contributed by atoms with Crippen LogP contribution in [0.1, 0.15) is 37.7 Å². The highest BCUT2D eigenvalue weighted by Gasteiger charge is 2.45. The Bertz CT molecular complexity index is 797. The number of nitrogens with zero attached hydrogens (tertiary/aromatic N) is 1. The third-order valence-electron chi connectivity index (χ3n) is 5.46. The molecule has 4 rings (SSSR count). The van der Waals surface area contributed by atoms with E-state index in [4.69, 9.17) is 0 Å². The van der Waals surface area contributed by atoms with Crippen LogP contribution in [0.4, 0.5) is 11.4 Å². The molecule has 1 saturated heterocycles. The van der Waals surface area contributed by atoms with Crippen molar-refractivity contribution in [3.8, 4) is 0 Å². The van der Waals surface area contributed by atoms with E-state index in [0.29, 0.717) is 6.42 Å². The van der Waals surface area contributed by atoms with Gasteiger partial charge in [0.15, 0.2) is 0 Å². The van der Waals surface area contributed by atoms with E-state index in [0.717, 1.165) is 49.2 Å². The molecule has 0 aromatic heterocycles. The van der Waals surface area contributed by atoms with Gasteiger partial charge in [-0.05, 0) is 43.0 Å². The second kappa shape index (κ2) is 6.36. The van der Waals surface area contributed by atoms with Crippen molar-refractivity contribution in [2.75, 3.05) is 16.8 Å². The molecule has 1 aliphatic heterocycles. The monoisotopic (exact) mass is 334 g/mol. The first-order chi connectivity index (χ1) is 12.2. The minimum atomic E-state index is -0.416. The molecule has 4 heteroatoms. The highest BCUT2D eigenvalue weighted by atomic mass is 16.2. The molecule has 2 aliphatic rings. The molecule has 1 N–H and O–H groups in total. The van der Waals surface area contributed by atoms with Crippen molar-refractivity contribution in [3.05, 3.63) is 60.2 Å². The lowest BCUT2D eigenvalue weighted by atomic mass is 9.64. The zero-order valence-corrected chi connectivity index (χ0v) is 14.2. The maximum Gasteiger partial charge on any atom is 0.235 e. The number of hydrogen-bond acceptors (Lipinski definition) is 2. The van der Waals surface area contributed by atoms with Crippen LogP contribution < -0.4 is 10.2 Å². The summed E-state index contributed by atoms with van der Waals surface area (Å²) < 4.78 is 0. The Hall–Kier alpha value is -2.62. The molecule has 2 aromatic rings. The van der Waals surface area contributed by atoms with E-state index in [2.05, 4.69) is 5.32 Å². The minimum Gasteiger partial charge on any atom is -0.325 e. The normalized spacial score (nSPS) is 18.7. The third kappa shape index (κ3) is 2.82. The van der Waals surface area contributed by atoms with Gasteiger partial charge in [0.1, 0.15) is 0 Å². The molecule has 0 bridgehead atoms. The molecule has 128 valence electrons. The van der Waals surface area contributed by atoms with Gasteiger partial charge in [-0.15, -0.1) is 0 Å². The Balaban J connectivity index is 1.56. The molecule has 0 atom stereocenters. The van der Waals surface area contributed by atoms with Gasteiger partial charge in [-0.2, -0.15) is 0 Å². The van der Waals surface area contributed by atoms with E-state index in [1.807, 2.05) is 54.6 Å². The van der Waals surface area contributed by atoms with Gasteiger partial charge in [-0.1, -0.05) is 42.8 Å². The fourth-order valence-corrected chi connectivity index (χ4v) is 3.86. The Kier molecular flexibility index (Phi) is 4.04. The van der Waals surface area contributed by atoms with Gasteiger partial charge < -0.3 is 10.2 Å². The summed E-state index contributed by atoms with van der Waals surface area (Å²) in [5, 5.41) is 3.08. The van der Waals surface area contributed by atoms with Gasteiger partial charge in [0, 0.05) is 24.3 Å². The average molecular weight is 334 g/mol. The fourth-order valence-electron chi connectivity index (χ4n) is 3.86. The van der Waals surface area contributed by atoms with E-state index in [9.17, 15) is 9.59 Å². The summed E-state index contributed by atoms with van der Waals surface area (Å²) in [4.78, 5) is 26.8. The van der Waals surface area contributed by atoms with Crippen LogP contribution in [0.25, 0.3) is 0 Å². The van der Waals surface area contributed by atoms with Crippen molar-refractivity contribution in [1.82, 2.24) is 0 Å². The van der Waals surface area contributed by atoms with Gasteiger partial charge >= 0.3 is 0 Å². The van der Waals surface area contributed by atoms with E-state index < -0.39 is 5.41 Å². The largest absolute Gasteiger partial charge is 0.325 e. The van der Waals surface area contributed by atoms with Crippen LogP contribution in [0.3, 0.4) is 0 Å². The molecule has 1 saturated carbocycles. The molecule has 0 spiro atoms. The van der Waals surface area contributed by atoms with Crippen molar-refractivity contribution < 1.29 is 9.59 Å². The SMILES string of the molecule is O=C1CCCN1c1cccc(NC(=O)C2(c3ccccc3)CCC2)c1. The number of hydrogen-bond donors (Lipinski definition) is 1. The number of benzene rings is 2. The molecule has 2 amide bonds. The Morgan fingerprint density at radius 3 is 2.44 bits per heavy atom. The van der Waals surface area contributed by atoms with Gasteiger partial charge in [0.05, 0.1) is 5.41 Å². The standard InChI is InChI=1S/C21H22N2O2/c24-19-11-5-14-23(19)18-10-4-9-17(15-18)22-20(25)21(12-6-13-21)16-7-2-1-3-8-16/h1-4,7-10,15H,5-6,11-14H2,(H,22,25). The van der Waals surface area contributed by atoms with Crippen molar-refractivity contribution in [2.45, 2.75) is 37.5 Å². The van der Waals surface area contributed by atoms with E-state index in [1.54, 1.807) is 4.90 Å². The lowest BCUT2D eigenvalue weighted by Gasteiger charge is -2.40. The van der Waals surface area contributed by atoms with Gasteiger partial charge in [0.2, 0.25) is 11.8 Å². The summed E-state index contributed by atoms with van der Waals surface area (Å²) in [7, 11) is 0. The Morgan fingerprint density at radius 2 is 1.80 bits per heavy atom. The summed E-state index contributed by atoms with van der Waals surface area (Å²) >= 11 is 0. The van der Waals surface area contributed by atoms with Gasteiger partial charge in [-0.3, -0.25) is 9.59 Å². The molecular formula is C21H22N2O2. The quantitative estimate of drug-likeness (QED) is 0.922. The highest BCUT2D eigenvalue weighted by Crippen LogP contribution is 2.44. The van der Waals surface area contributed by atoms with Crippen molar-refractivity contribution in [3.63, 3.8) is 0 Å². The fraction of sp³-hybridized carbons (Fsp3) is 0.333. The van der Waals surface area contributed by atoms with Crippen LogP contribution in [0.15, 0.2) is 54.6 Å². The molecular weight excluding hydrogens is 312 g/mol. The first-order valence-corrected chi connectivity index (χ1v) is 8.96. The summed E-state index contributed by atoms with van der Waals surface area (Å²) in [6, 6.07) is 17.6. The topological polar surface area (TPSA) is 49.4 Å². The van der Waals surface area contributed by atoms with Crippen molar-refractivity contribution in [2.24, 2.45) is 0 Å². The van der Waals surface area contributed by atoms with Crippen LogP contribution in [-0.4, -0.2) is 18.4 Å². The van der Waals surface area contributed by atoms with Crippen LogP contribution in [0.5, 0.6) is 0 Å². The number of carbonyl (C=O) groups excluding carboxylic acids is 2. The summed E-state index contributed by atoms with van der Waals surface area (Å²) in [5.41, 5.74) is 2.29. The van der Waals surface area contributed by atoms with Crippen LogP contribution >= 0.6 is 0 Å². The number of rotatable bonds is 4. The smallest absolute Gasteiger partial charge is 0.235 e. The predicted octanol–water partition coefficient (Wildman–Crippen LogP) is 3.87. The first kappa shape index (κ1) is 15.9. The lowest BCUT2D eigenvalue weighted by molar-refractivity contribution is -0.124. The van der Waals surface area contributed by atoms with Crippen molar-refractivity contribution in [1.29, 1.82) is 0 Å². The van der Waals surface area contributed by atoms with Gasteiger partial charge in [-0.25, -0.2) is 0 Å². The lowest BCUT2D eigenvalue weighted by Crippen LogP contribution is -2.46. The van der Waals surface area contributed by atoms with Crippen LogP contribution in [0, 0.1) is 0 Å². The molecule has 2 fully saturated rings. The number of amides is 2. The second-order valence-corrected chi connectivity index (χ2v) is 6.96. The molecule has 0 unspecified atom stereocenters. The maximum atomic E-state index is 13.0. The number of anilines is 2. The third-order valence-corrected chi connectivity index (χ3v) is 5.46. The average Bonchev–Trinajstić information content (AvgIpc) is 3.01. The Labute approximate surface area is 147 Å². The highest BCUT2D eigenvalue weighted by molar-refractivity contribution is 6.01. The molecule has 2 aromatic carbocycles. The van der Waals surface area contributed by atoms with Crippen LogP contribution in [-0.2, 0) is 15.0 Å². The summed E-state index contributed by atoms with van der Waals surface area (Å²) in [6.45, 7) is 0.754. The number of nitrogens with one attached hydrogen (secondary N) is 1. The second-order valence-electron chi connectivity index (χ2n) is 6.96. The molecule has 25 heavy (non-hydrogen) atoms. The molecule has 0 radical (unpaired) electrons. The van der Waals surface area contributed by atoms with Gasteiger partial charge in [0.25, 0.3) is 0 Å². The van der Waals surface area contributed by atoms with Crippen LogP contribution in [0.2, 0.25) is 0 Å². The predicted molar refractivity (Wildman–Crippen MR) is 98.6 cm³/mol. The zero-order chi connectivity index (χ0) is 17.3. The summed E-state index contributed by atoms with van der Waals surface area (Å²) in [6.07, 6.45) is 4.34. The minimum absolute atomic E-state index is 0.0508. The summed E-state index contributed by atoms with van der Waals surface area (Å²) in [5.74, 6) is 0.207. The van der Waals surface area contributed by atoms with Crippen molar-refractivity contribution >= 4 is 23.2 Å². The molecule has 4 nitrogen and oxygen atoms in total.